The van der Waals surface area contributed by atoms with Crippen molar-refractivity contribution in [1.29, 1.82) is 0 Å². The second-order valence-corrected chi connectivity index (χ2v) is 8.27. The summed E-state index contributed by atoms with van der Waals surface area (Å²) in [5, 5.41) is 8.03. The fourth-order valence-corrected chi connectivity index (χ4v) is 2.90. The van der Waals surface area contributed by atoms with E-state index in [-0.39, 0.29) is 23.7 Å². The van der Waals surface area contributed by atoms with Crippen molar-refractivity contribution in [1.82, 2.24) is 16.0 Å². The first-order valence-corrected chi connectivity index (χ1v) is 10.3. The Morgan fingerprint density at radius 1 is 0.900 bits per heavy atom. The van der Waals surface area contributed by atoms with E-state index in [0.717, 1.165) is 0 Å². The van der Waals surface area contributed by atoms with Crippen LogP contribution in [0.1, 0.15) is 60.3 Å². The molecule has 0 spiro atoms. The fourth-order valence-electron chi connectivity index (χ4n) is 2.90. The average Bonchev–Trinajstić information content (AvgIpc) is 2.61. The Balaban J connectivity index is 5.10. The zero-order valence-electron chi connectivity index (χ0n) is 18.7. The molecule has 3 atom stereocenters. The van der Waals surface area contributed by atoms with E-state index in [4.69, 9.17) is 11.5 Å². The van der Waals surface area contributed by atoms with Crippen LogP contribution in [0, 0.1) is 11.8 Å². The molecule has 0 aliphatic carbocycles. The molecule has 10 heteroatoms. The molecule has 0 aromatic rings. The van der Waals surface area contributed by atoms with Crippen LogP contribution in [0.5, 0.6) is 0 Å². The molecule has 0 aromatic heterocycles. The van der Waals surface area contributed by atoms with E-state index in [0.29, 0.717) is 38.5 Å². The number of guanidine groups is 1. The van der Waals surface area contributed by atoms with E-state index in [1.54, 1.807) is 0 Å². The molecule has 0 saturated heterocycles. The van der Waals surface area contributed by atoms with Gasteiger partial charge in [0.05, 0.1) is 6.04 Å². The molecule has 0 aliphatic rings. The molecule has 0 saturated carbocycles. The molecule has 3 amide bonds. The quantitative estimate of drug-likeness (QED) is 0.112. The summed E-state index contributed by atoms with van der Waals surface area (Å²) < 4.78 is 0. The van der Waals surface area contributed by atoms with E-state index in [1.807, 2.05) is 27.7 Å². The number of amides is 3. The summed E-state index contributed by atoms with van der Waals surface area (Å²) in [5.41, 5.74) is 10.5. The third kappa shape index (κ3) is 12.7. The van der Waals surface area contributed by atoms with Gasteiger partial charge < -0.3 is 32.2 Å². The van der Waals surface area contributed by atoms with Gasteiger partial charge in [-0.2, -0.15) is 0 Å². The Morgan fingerprint density at radius 2 is 1.40 bits per heavy atom. The number of hydrogen-bond acceptors (Lipinski definition) is 5. The standard InChI is InChI=1S/C20H38N6O4/c1-12(2)9-16(24-14(5)28)19(30)26-17(10-13(3)4)18(29)25-15(11-27)7-6-8-23-20(21)22/h11-13,15-17H,6-10H2,1-5H3,(H,24,28)(H,25,29)(H,26,30)(H4,21,22,23)/t15-,16+,17+/m0/s1. The van der Waals surface area contributed by atoms with Gasteiger partial charge >= 0.3 is 0 Å². The highest BCUT2D eigenvalue weighted by atomic mass is 16.2. The largest absolute Gasteiger partial charge is 0.370 e. The van der Waals surface area contributed by atoms with E-state index in [2.05, 4.69) is 20.9 Å². The lowest BCUT2D eigenvalue weighted by Gasteiger charge is -2.25. The highest BCUT2D eigenvalue weighted by Gasteiger charge is 2.28. The van der Waals surface area contributed by atoms with Crippen molar-refractivity contribution in [3.8, 4) is 0 Å². The number of hydrogen-bond donors (Lipinski definition) is 5. The van der Waals surface area contributed by atoms with Crippen LogP contribution in [0.4, 0.5) is 0 Å². The number of rotatable bonds is 14. The van der Waals surface area contributed by atoms with Crippen molar-refractivity contribution in [3.63, 3.8) is 0 Å². The second kappa shape index (κ2) is 14.4. The lowest BCUT2D eigenvalue weighted by Crippen LogP contribution is -2.55. The molecule has 0 fully saturated rings. The summed E-state index contributed by atoms with van der Waals surface area (Å²) in [5.74, 6) is -0.909. The maximum atomic E-state index is 12.8. The molecule has 30 heavy (non-hydrogen) atoms. The molecule has 10 nitrogen and oxygen atoms in total. The number of aldehydes is 1. The molecule has 0 aromatic carbocycles. The van der Waals surface area contributed by atoms with Gasteiger partial charge in [-0.1, -0.05) is 27.7 Å². The summed E-state index contributed by atoms with van der Waals surface area (Å²) in [6, 6.07) is -2.26. The summed E-state index contributed by atoms with van der Waals surface area (Å²) in [4.78, 5) is 52.1. The zero-order valence-corrected chi connectivity index (χ0v) is 18.7. The monoisotopic (exact) mass is 426 g/mol. The van der Waals surface area contributed by atoms with Gasteiger partial charge in [-0.3, -0.25) is 19.4 Å². The first-order valence-electron chi connectivity index (χ1n) is 10.3. The number of nitrogens with two attached hydrogens (primary N) is 2. The van der Waals surface area contributed by atoms with Gasteiger partial charge in [0.2, 0.25) is 17.7 Å². The minimum atomic E-state index is -0.818. The van der Waals surface area contributed by atoms with Gasteiger partial charge in [-0.15, -0.1) is 0 Å². The number of carbonyl (C=O) groups excluding carboxylic acids is 4. The summed E-state index contributed by atoms with van der Waals surface area (Å²) >= 11 is 0. The van der Waals surface area contributed by atoms with Crippen LogP contribution in [-0.4, -0.2) is 54.6 Å². The van der Waals surface area contributed by atoms with Crippen LogP contribution in [0.15, 0.2) is 4.99 Å². The summed E-state index contributed by atoms with van der Waals surface area (Å²) in [6.07, 6.45) is 2.38. The highest BCUT2D eigenvalue weighted by molar-refractivity contribution is 5.92. The topological polar surface area (TPSA) is 169 Å². The van der Waals surface area contributed by atoms with Crippen molar-refractivity contribution in [2.45, 2.75) is 78.4 Å². The first-order chi connectivity index (χ1) is 14.0. The van der Waals surface area contributed by atoms with E-state index in [1.165, 1.54) is 6.92 Å². The van der Waals surface area contributed by atoms with Gasteiger partial charge in [0.15, 0.2) is 5.96 Å². The van der Waals surface area contributed by atoms with Crippen LogP contribution in [0.3, 0.4) is 0 Å². The van der Waals surface area contributed by atoms with Crippen LogP contribution in [-0.2, 0) is 19.2 Å². The summed E-state index contributed by atoms with van der Waals surface area (Å²) in [6.45, 7) is 9.43. The molecule has 0 bridgehead atoms. The minimum absolute atomic E-state index is 0.0310. The Morgan fingerprint density at radius 3 is 1.83 bits per heavy atom. The molecule has 0 rings (SSSR count). The third-order valence-corrected chi connectivity index (χ3v) is 4.20. The minimum Gasteiger partial charge on any atom is -0.370 e. The van der Waals surface area contributed by atoms with Gasteiger partial charge in [0, 0.05) is 13.5 Å². The lowest BCUT2D eigenvalue weighted by atomic mass is 9.99. The molecule has 0 aliphatic heterocycles. The van der Waals surface area contributed by atoms with E-state index < -0.39 is 29.9 Å². The third-order valence-electron chi connectivity index (χ3n) is 4.20. The molecular weight excluding hydrogens is 388 g/mol. The molecule has 0 radical (unpaired) electrons. The van der Waals surface area contributed by atoms with Crippen LogP contribution in [0.2, 0.25) is 0 Å². The number of nitrogens with one attached hydrogen (secondary N) is 3. The van der Waals surface area contributed by atoms with E-state index in [9.17, 15) is 19.2 Å². The number of aliphatic imine (C=N–C) groups is 1. The molecule has 172 valence electrons. The molecule has 7 N–H and O–H groups in total. The number of nitrogens with zero attached hydrogens (tertiary/aromatic N) is 1. The second-order valence-electron chi connectivity index (χ2n) is 8.27. The molecule has 0 unspecified atom stereocenters. The lowest BCUT2D eigenvalue weighted by molar-refractivity contribution is -0.133. The predicted octanol–water partition coefficient (Wildman–Crippen LogP) is -0.195. The van der Waals surface area contributed by atoms with Gasteiger partial charge in [0.1, 0.15) is 18.4 Å². The van der Waals surface area contributed by atoms with Crippen molar-refractivity contribution in [3.05, 3.63) is 0 Å². The van der Waals surface area contributed by atoms with Gasteiger partial charge in [-0.25, -0.2) is 0 Å². The van der Waals surface area contributed by atoms with Crippen molar-refractivity contribution >= 4 is 30.0 Å². The van der Waals surface area contributed by atoms with Crippen molar-refractivity contribution < 1.29 is 19.2 Å². The number of carbonyl (C=O) groups is 4. The van der Waals surface area contributed by atoms with Crippen molar-refractivity contribution in [2.75, 3.05) is 6.54 Å². The van der Waals surface area contributed by atoms with Gasteiger partial charge in [-0.05, 0) is 37.5 Å². The predicted molar refractivity (Wildman–Crippen MR) is 116 cm³/mol. The van der Waals surface area contributed by atoms with Crippen molar-refractivity contribution in [2.24, 2.45) is 28.3 Å². The smallest absolute Gasteiger partial charge is 0.243 e. The summed E-state index contributed by atoms with van der Waals surface area (Å²) in [7, 11) is 0. The Kier molecular flexibility index (Phi) is 13.1. The van der Waals surface area contributed by atoms with E-state index >= 15 is 0 Å². The van der Waals surface area contributed by atoms with Crippen LogP contribution >= 0.6 is 0 Å². The normalized spacial score (nSPS) is 13.8. The fraction of sp³-hybridized carbons (Fsp3) is 0.750. The van der Waals surface area contributed by atoms with Gasteiger partial charge in [0.25, 0.3) is 0 Å². The van der Waals surface area contributed by atoms with Crippen LogP contribution in [0.25, 0.3) is 0 Å². The average molecular weight is 427 g/mol. The zero-order chi connectivity index (χ0) is 23.3. The maximum absolute atomic E-state index is 12.8. The Labute approximate surface area is 179 Å². The van der Waals surface area contributed by atoms with Crippen LogP contribution < -0.4 is 27.4 Å². The SMILES string of the molecule is CC(=O)N[C@H](CC(C)C)C(=O)N[C@H](CC(C)C)C(=O)N[C@H](C=O)CCCN=C(N)N. The molecular formula is C20H38N6O4. The Bertz CT molecular complexity index is 602. The molecule has 0 heterocycles. The first kappa shape index (κ1) is 27.4. The highest BCUT2D eigenvalue weighted by Crippen LogP contribution is 2.09. The maximum Gasteiger partial charge on any atom is 0.243 e. The Hall–Kier alpha value is -2.65.